The van der Waals surface area contributed by atoms with Crippen molar-refractivity contribution in [2.24, 2.45) is 17.1 Å². The molecule has 1 aliphatic rings. The van der Waals surface area contributed by atoms with E-state index in [-0.39, 0.29) is 11.5 Å². The number of para-hydroxylation sites is 2. The van der Waals surface area contributed by atoms with E-state index in [0.29, 0.717) is 22.7 Å². The second-order valence-electron chi connectivity index (χ2n) is 9.88. The maximum atomic E-state index is 13.7. The SMILES string of the molecule is CCCCN1C(=O)C(=Nn2c(-c3ccccc3)csc2=Nc2c(C)n(C)n(-c3ccccc3)c2=O)c2ccccc21. The summed E-state index contributed by atoms with van der Waals surface area (Å²) < 4.78 is 5.12. The fraction of sp³-hybridized carbons (Fsp3) is 0.188. The fourth-order valence-electron chi connectivity index (χ4n) is 5.06. The molecule has 41 heavy (non-hydrogen) atoms. The zero-order chi connectivity index (χ0) is 28.5. The van der Waals surface area contributed by atoms with Gasteiger partial charge in [0, 0.05) is 30.1 Å². The third-order valence-corrected chi connectivity index (χ3v) is 8.14. The first-order chi connectivity index (χ1) is 20.0. The number of hydrogen-bond donors (Lipinski definition) is 0. The molecule has 0 fully saturated rings. The largest absolute Gasteiger partial charge is 0.306 e. The molecule has 2 aromatic heterocycles. The topological polar surface area (TPSA) is 76.9 Å². The molecule has 0 atom stereocenters. The number of amides is 1. The minimum absolute atomic E-state index is 0.134. The Hall–Kier alpha value is -4.76. The smallest absolute Gasteiger partial charge is 0.297 e. The Bertz CT molecular complexity index is 1890. The number of thiazole rings is 1. The molecule has 0 saturated carbocycles. The number of aromatic nitrogens is 3. The third kappa shape index (κ3) is 4.68. The van der Waals surface area contributed by atoms with Crippen molar-refractivity contribution in [1.29, 1.82) is 0 Å². The molecule has 0 aliphatic carbocycles. The highest BCUT2D eigenvalue weighted by molar-refractivity contribution is 7.07. The minimum Gasteiger partial charge on any atom is -0.306 e. The molecule has 0 radical (unpaired) electrons. The summed E-state index contributed by atoms with van der Waals surface area (Å²) in [5, 5.41) is 6.93. The summed E-state index contributed by atoms with van der Waals surface area (Å²) in [7, 11) is 1.85. The maximum Gasteiger partial charge on any atom is 0.297 e. The van der Waals surface area contributed by atoms with Gasteiger partial charge in [0.25, 0.3) is 11.5 Å². The highest BCUT2D eigenvalue weighted by Gasteiger charge is 2.34. The number of carbonyl (C=O) groups is 1. The number of benzene rings is 3. The van der Waals surface area contributed by atoms with Crippen LogP contribution in [-0.2, 0) is 11.8 Å². The van der Waals surface area contributed by atoms with Crippen LogP contribution >= 0.6 is 11.3 Å². The van der Waals surface area contributed by atoms with Gasteiger partial charge in [0.15, 0.2) is 11.4 Å². The lowest BCUT2D eigenvalue weighted by Gasteiger charge is -2.15. The third-order valence-electron chi connectivity index (χ3n) is 7.32. The monoisotopic (exact) mass is 562 g/mol. The molecule has 3 aromatic carbocycles. The number of anilines is 1. The van der Waals surface area contributed by atoms with Gasteiger partial charge in [-0.25, -0.2) is 14.4 Å². The number of carbonyl (C=O) groups excluding carboxylic acids is 1. The van der Waals surface area contributed by atoms with Gasteiger partial charge in [-0.1, -0.05) is 80.1 Å². The van der Waals surface area contributed by atoms with E-state index in [1.54, 1.807) is 14.0 Å². The van der Waals surface area contributed by atoms with Crippen LogP contribution in [-0.4, -0.2) is 32.2 Å². The molecule has 5 aromatic rings. The van der Waals surface area contributed by atoms with Crippen molar-refractivity contribution in [3.63, 3.8) is 0 Å². The molecule has 8 nitrogen and oxygen atoms in total. The molecular weight excluding hydrogens is 532 g/mol. The van der Waals surface area contributed by atoms with Gasteiger partial charge >= 0.3 is 0 Å². The Morgan fingerprint density at radius 1 is 0.878 bits per heavy atom. The lowest BCUT2D eigenvalue weighted by molar-refractivity contribution is -0.112. The average molecular weight is 563 g/mol. The fourth-order valence-corrected chi connectivity index (χ4v) is 5.89. The van der Waals surface area contributed by atoms with E-state index in [4.69, 9.17) is 10.1 Å². The van der Waals surface area contributed by atoms with Crippen molar-refractivity contribution in [2.45, 2.75) is 26.7 Å². The quantitative estimate of drug-likeness (QED) is 0.257. The number of rotatable bonds is 7. The van der Waals surface area contributed by atoms with Crippen LogP contribution in [0.2, 0.25) is 0 Å². The van der Waals surface area contributed by atoms with Gasteiger partial charge in [0.2, 0.25) is 4.80 Å². The van der Waals surface area contributed by atoms with Crippen LogP contribution in [0.4, 0.5) is 11.4 Å². The van der Waals surface area contributed by atoms with Crippen LogP contribution in [0.15, 0.2) is 105 Å². The maximum absolute atomic E-state index is 13.7. The molecule has 0 unspecified atom stereocenters. The first-order valence-electron chi connectivity index (χ1n) is 13.6. The van der Waals surface area contributed by atoms with Crippen LogP contribution in [0.5, 0.6) is 0 Å². The number of nitrogens with zero attached hydrogens (tertiary/aromatic N) is 6. The van der Waals surface area contributed by atoms with Crippen LogP contribution in [0, 0.1) is 6.92 Å². The Balaban J connectivity index is 1.57. The van der Waals surface area contributed by atoms with Crippen LogP contribution in [0.25, 0.3) is 16.9 Å². The Kier molecular flexibility index (Phi) is 7.11. The summed E-state index contributed by atoms with van der Waals surface area (Å²) in [5.74, 6) is -0.134. The predicted molar refractivity (Wildman–Crippen MR) is 164 cm³/mol. The van der Waals surface area contributed by atoms with E-state index in [9.17, 15) is 9.59 Å². The van der Waals surface area contributed by atoms with Crippen LogP contribution in [0.3, 0.4) is 0 Å². The Morgan fingerprint density at radius 2 is 1.56 bits per heavy atom. The summed E-state index contributed by atoms with van der Waals surface area (Å²) in [6.07, 6.45) is 1.88. The lowest BCUT2D eigenvalue weighted by atomic mass is 10.1. The van der Waals surface area contributed by atoms with Crippen molar-refractivity contribution in [3.05, 3.63) is 117 Å². The molecule has 0 saturated heterocycles. The number of hydrogen-bond acceptors (Lipinski definition) is 5. The molecule has 3 heterocycles. The molecule has 0 bridgehead atoms. The summed E-state index contributed by atoms with van der Waals surface area (Å²) in [6, 6.07) is 27.1. The zero-order valence-corrected chi connectivity index (χ0v) is 24.0. The van der Waals surface area contributed by atoms with Crippen molar-refractivity contribution < 1.29 is 4.79 Å². The van der Waals surface area contributed by atoms with Crippen LogP contribution in [0.1, 0.15) is 31.0 Å². The van der Waals surface area contributed by atoms with Crippen molar-refractivity contribution in [3.8, 4) is 16.9 Å². The molecule has 0 N–H and O–H groups in total. The first kappa shape index (κ1) is 26.5. The van der Waals surface area contributed by atoms with Gasteiger partial charge in [-0.2, -0.15) is 5.10 Å². The second kappa shape index (κ2) is 11.0. The standard InChI is InChI=1S/C32H30N6O2S/c1-4-5-20-36-26-19-13-12-18-25(26)29(30(36)39)34-37-27(23-14-8-6-9-15-23)21-41-32(37)33-28-22(2)35(3)38(31(28)40)24-16-10-7-11-17-24/h6-19,21H,4-5,20H2,1-3H3. The summed E-state index contributed by atoms with van der Waals surface area (Å²) >= 11 is 1.38. The van der Waals surface area contributed by atoms with Crippen molar-refractivity contribution in [2.75, 3.05) is 11.4 Å². The molecule has 206 valence electrons. The van der Waals surface area contributed by atoms with Crippen LogP contribution < -0.4 is 15.3 Å². The molecule has 0 spiro atoms. The summed E-state index contributed by atoms with van der Waals surface area (Å²) in [4.78, 5) is 34.6. The predicted octanol–water partition coefficient (Wildman–Crippen LogP) is 5.65. The highest BCUT2D eigenvalue weighted by atomic mass is 32.1. The van der Waals surface area contributed by atoms with Gasteiger partial charge in [0.05, 0.1) is 22.8 Å². The first-order valence-corrected chi connectivity index (χ1v) is 14.5. The summed E-state index contributed by atoms with van der Waals surface area (Å²) in [5.41, 5.74) is 5.32. The van der Waals surface area contributed by atoms with E-state index in [2.05, 4.69) is 6.92 Å². The van der Waals surface area contributed by atoms with Crippen molar-refractivity contribution >= 4 is 34.3 Å². The Labute approximate surface area is 241 Å². The number of unbranched alkanes of at least 4 members (excludes halogenated alkanes) is 1. The lowest BCUT2D eigenvalue weighted by Crippen LogP contribution is -2.31. The molecule has 1 amide bonds. The zero-order valence-electron chi connectivity index (χ0n) is 23.2. The molecule has 1 aliphatic heterocycles. The Morgan fingerprint density at radius 3 is 2.29 bits per heavy atom. The van der Waals surface area contributed by atoms with E-state index in [1.165, 1.54) is 11.3 Å². The van der Waals surface area contributed by atoms with E-state index in [1.807, 2.05) is 109 Å². The van der Waals surface area contributed by atoms with Gasteiger partial charge in [-0.3, -0.25) is 14.3 Å². The molecule has 6 rings (SSSR count). The van der Waals surface area contributed by atoms with Gasteiger partial charge < -0.3 is 4.90 Å². The summed E-state index contributed by atoms with van der Waals surface area (Å²) in [6.45, 7) is 4.62. The van der Waals surface area contributed by atoms with Gasteiger partial charge in [-0.15, -0.1) is 11.3 Å². The van der Waals surface area contributed by atoms with Gasteiger partial charge in [-0.05, 0) is 31.5 Å². The highest BCUT2D eigenvalue weighted by Crippen LogP contribution is 2.30. The van der Waals surface area contributed by atoms with E-state index < -0.39 is 0 Å². The van der Waals surface area contributed by atoms with Crippen molar-refractivity contribution in [1.82, 2.24) is 14.0 Å². The normalized spacial score (nSPS) is 14.3. The molecule has 9 heteroatoms. The van der Waals surface area contributed by atoms with E-state index in [0.717, 1.165) is 46.7 Å². The average Bonchev–Trinajstić information content (AvgIpc) is 3.59. The second-order valence-corrected chi connectivity index (χ2v) is 10.7. The minimum atomic E-state index is -0.224. The van der Waals surface area contributed by atoms with Gasteiger partial charge in [0.1, 0.15) is 0 Å². The number of fused-ring (bicyclic) bond motifs is 1. The molecular formula is C32H30N6O2S. The van der Waals surface area contributed by atoms with E-state index >= 15 is 0 Å².